The summed E-state index contributed by atoms with van der Waals surface area (Å²) >= 11 is 0. The van der Waals surface area contributed by atoms with Crippen LogP contribution < -0.4 is 31.5 Å². The maximum atomic E-state index is 14.1. The van der Waals surface area contributed by atoms with E-state index < -0.39 is 67.4 Å². The first kappa shape index (κ1) is 39.0. The van der Waals surface area contributed by atoms with Gasteiger partial charge in [0.25, 0.3) is 0 Å². The van der Waals surface area contributed by atoms with Crippen molar-refractivity contribution >= 4 is 43.3 Å². The van der Waals surface area contributed by atoms with Crippen LogP contribution in [0.15, 0.2) is 54.6 Å². The normalized spacial score (nSPS) is 20.1. The highest BCUT2D eigenvalue weighted by molar-refractivity contribution is 7.46. The summed E-state index contributed by atoms with van der Waals surface area (Å²) in [5.41, 5.74) is 6.73. The van der Waals surface area contributed by atoms with E-state index in [4.69, 9.17) is 15.5 Å². The molecule has 2 aromatic carbocycles. The quantitative estimate of drug-likeness (QED) is 0.127. The summed E-state index contributed by atoms with van der Waals surface area (Å²) in [5, 5.41) is 10.9. The second-order valence-corrected chi connectivity index (χ2v) is 14.0. The molecule has 2 aromatic rings. The predicted molar refractivity (Wildman–Crippen MR) is 183 cm³/mol. The van der Waals surface area contributed by atoms with Crippen LogP contribution in [0.25, 0.3) is 0 Å². The molecule has 0 aliphatic carbocycles. The Labute approximate surface area is 295 Å². The molecule has 2 aliphatic heterocycles. The minimum Gasteiger partial charge on any atom is -0.404 e. The van der Waals surface area contributed by atoms with E-state index in [9.17, 15) is 33.3 Å². The zero-order chi connectivity index (χ0) is 37.1. The summed E-state index contributed by atoms with van der Waals surface area (Å²) in [7, 11) is -4.77. The molecule has 0 radical (unpaired) electrons. The number of carbonyl (C=O) groups is 6. The number of hydrogen-bond acceptors (Lipinski definition) is 8. The van der Waals surface area contributed by atoms with Gasteiger partial charge in [-0.1, -0.05) is 55.3 Å². The minimum absolute atomic E-state index is 0.00108. The van der Waals surface area contributed by atoms with E-state index in [1.54, 1.807) is 0 Å². The third kappa shape index (κ3) is 11.9. The topological polar surface area (TPSA) is 247 Å². The van der Waals surface area contributed by atoms with E-state index in [1.165, 1.54) is 36.1 Å². The van der Waals surface area contributed by atoms with Gasteiger partial charge in [0.15, 0.2) is 0 Å². The Hall–Kier alpha value is -4.79. The smallest absolute Gasteiger partial charge is 0.404 e. The molecule has 0 saturated carbocycles. The number of hydrogen-bond donors (Lipinski definition) is 7. The first-order valence-corrected chi connectivity index (χ1v) is 18.4. The van der Waals surface area contributed by atoms with Crippen LogP contribution in [0.1, 0.15) is 69.4 Å². The predicted octanol–water partition coefficient (Wildman–Crippen LogP) is 0.690. The fourth-order valence-corrected chi connectivity index (χ4v) is 6.84. The molecule has 2 heterocycles. The summed E-state index contributed by atoms with van der Waals surface area (Å²) in [6.07, 6.45) is 3.06. The number of fused-ring (bicyclic) bond motifs is 1. The second kappa shape index (κ2) is 17.9. The van der Waals surface area contributed by atoms with Crippen molar-refractivity contribution in [1.82, 2.24) is 26.2 Å². The maximum absolute atomic E-state index is 14.1. The monoisotopic (exact) mass is 728 g/mol. The Morgan fingerprint density at radius 2 is 1.59 bits per heavy atom. The molecule has 5 atom stereocenters. The maximum Gasteiger partial charge on any atom is 0.524 e. The van der Waals surface area contributed by atoms with Gasteiger partial charge in [-0.15, -0.1) is 0 Å². The number of nitrogens with two attached hydrogens (primary N) is 1. The van der Waals surface area contributed by atoms with Crippen molar-refractivity contribution in [2.75, 3.05) is 0 Å². The Bertz CT molecular complexity index is 1620. The van der Waals surface area contributed by atoms with E-state index in [1.807, 2.05) is 30.3 Å². The van der Waals surface area contributed by atoms with E-state index in [0.717, 1.165) is 12.0 Å². The van der Waals surface area contributed by atoms with Crippen molar-refractivity contribution in [2.24, 2.45) is 5.73 Å². The van der Waals surface area contributed by atoms with E-state index >= 15 is 0 Å². The molecule has 51 heavy (non-hydrogen) atoms. The molecule has 0 spiro atoms. The lowest BCUT2D eigenvalue weighted by molar-refractivity contribution is -0.145. The first-order chi connectivity index (χ1) is 24.2. The van der Waals surface area contributed by atoms with Gasteiger partial charge in [0.05, 0.1) is 0 Å². The molecule has 2 fully saturated rings. The van der Waals surface area contributed by atoms with Gasteiger partial charge in [-0.05, 0) is 55.4 Å². The van der Waals surface area contributed by atoms with Crippen molar-refractivity contribution in [3.05, 3.63) is 65.7 Å². The molecule has 276 valence electrons. The van der Waals surface area contributed by atoms with Crippen LogP contribution in [0.2, 0.25) is 0 Å². The number of carbonyl (C=O) groups excluding carboxylic acids is 6. The van der Waals surface area contributed by atoms with Gasteiger partial charge in [-0.3, -0.25) is 38.6 Å². The average molecular weight is 729 g/mol. The Morgan fingerprint density at radius 1 is 0.902 bits per heavy atom. The molecular weight excluding hydrogens is 683 g/mol. The summed E-state index contributed by atoms with van der Waals surface area (Å²) in [6, 6.07) is 10.4. The van der Waals surface area contributed by atoms with Crippen LogP contribution in [0.4, 0.5) is 0 Å². The fraction of sp³-hybridized carbons (Fsp3) is 0.471. The largest absolute Gasteiger partial charge is 0.524 e. The van der Waals surface area contributed by atoms with Gasteiger partial charge in [0.2, 0.25) is 35.4 Å². The molecule has 17 heteroatoms. The standard InChI is InChI=1S/C34H45N6O10P/c1-21(41)37-28(19-22-11-14-25(15-12-22)50-51(47,48)49)32(44)39-27-10-6-5-9-24-13-17-29(40(24)34(27)46)33(45)38-26(16-18-30(35)42)31(43)36-20-23-7-3-2-4-8-23/h2-4,7-8,11-12,14-15,24,26-29H,5-6,9-10,13,16-20H2,1H3,(H2,35,42)(H,36,43)(H,37,41)(H,38,45)(H,39,44)(H2,47,48,49)/t24-,26-,27-,28-,29-/m0/s1. The van der Waals surface area contributed by atoms with Gasteiger partial charge < -0.3 is 36.4 Å². The molecule has 0 unspecified atom stereocenters. The van der Waals surface area contributed by atoms with Crippen LogP contribution in [0.3, 0.4) is 0 Å². The number of primary amides is 1. The van der Waals surface area contributed by atoms with Gasteiger partial charge in [0.1, 0.15) is 29.9 Å². The highest BCUT2D eigenvalue weighted by atomic mass is 31.2. The summed E-state index contributed by atoms with van der Waals surface area (Å²) in [5.74, 6) is -3.34. The zero-order valence-corrected chi connectivity index (χ0v) is 29.2. The second-order valence-electron chi connectivity index (χ2n) is 12.8. The van der Waals surface area contributed by atoms with Crippen LogP contribution in [-0.2, 0) is 46.3 Å². The van der Waals surface area contributed by atoms with Crippen molar-refractivity contribution in [3.63, 3.8) is 0 Å². The average Bonchev–Trinajstić information content (AvgIpc) is 3.49. The van der Waals surface area contributed by atoms with Crippen molar-refractivity contribution in [3.8, 4) is 5.75 Å². The van der Waals surface area contributed by atoms with Crippen molar-refractivity contribution in [2.45, 2.75) is 101 Å². The minimum atomic E-state index is -4.77. The lowest BCUT2D eigenvalue weighted by atomic mass is 9.98. The molecule has 4 rings (SSSR count). The molecule has 0 bridgehead atoms. The van der Waals surface area contributed by atoms with Gasteiger partial charge >= 0.3 is 7.82 Å². The highest BCUT2D eigenvalue weighted by Crippen LogP contribution is 2.37. The number of benzene rings is 2. The van der Waals surface area contributed by atoms with Crippen LogP contribution in [-0.4, -0.2) is 80.3 Å². The highest BCUT2D eigenvalue weighted by Gasteiger charge is 2.45. The van der Waals surface area contributed by atoms with Gasteiger partial charge in [-0.2, -0.15) is 0 Å². The Morgan fingerprint density at radius 3 is 2.24 bits per heavy atom. The Balaban J connectivity index is 1.46. The molecule has 6 amide bonds. The van der Waals surface area contributed by atoms with Crippen LogP contribution >= 0.6 is 7.82 Å². The van der Waals surface area contributed by atoms with Crippen molar-refractivity contribution < 1.29 is 47.6 Å². The molecule has 8 N–H and O–H groups in total. The molecule has 0 aromatic heterocycles. The number of phosphoric ester groups is 1. The third-order valence-corrected chi connectivity index (χ3v) is 9.31. The fourth-order valence-electron chi connectivity index (χ4n) is 6.44. The molecular formula is C34H45N6O10P. The molecule has 2 aliphatic rings. The van der Waals surface area contributed by atoms with Crippen molar-refractivity contribution in [1.29, 1.82) is 0 Å². The number of phosphoric acid groups is 1. The van der Waals surface area contributed by atoms with Gasteiger partial charge in [-0.25, -0.2) is 4.57 Å². The number of rotatable bonds is 15. The number of nitrogens with one attached hydrogen (secondary N) is 4. The number of nitrogens with zero attached hydrogens (tertiary/aromatic N) is 1. The third-order valence-electron chi connectivity index (χ3n) is 8.86. The van der Waals surface area contributed by atoms with E-state index in [0.29, 0.717) is 37.7 Å². The van der Waals surface area contributed by atoms with Gasteiger partial charge in [0, 0.05) is 32.4 Å². The number of amides is 6. The summed E-state index contributed by atoms with van der Waals surface area (Å²) in [4.78, 5) is 97.8. The SMILES string of the molecule is CC(=O)N[C@@H](Cc1ccc(OP(=O)(O)O)cc1)C(=O)N[C@H]1CCCC[C@H]2CC[C@@H](C(=O)N[C@@H](CCC(N)=O)C(=O)NCc3ccccc3)N2C1=O. The zero-order valence-electron chi connectivity index (χ0n) is 28.3. The van der Waals surface area contributed by atoms with E-state index in [2.05, 4.69) is 25.8 Å². The Kier molecular flexibility index (Phi) is 13.7. The summed E-state index contributed by atoms with van der Waals surface area (Å²) in [6.45, 7) is 1.45. The molecule has 16 nitrogen and oxygen atoms in total. The lowest BCUT2D eigenvalue weighted by Gasteiger charge is -2.36. The van der Waals surface area contributed by atoms with E-state index in [-0.39, 0.29) is 37.6 Å². The first-order valence-electron chi connectivity index (χ1n) is 16.8. The summed E-state index contributed by atoms with van der Waals surface area (Å²) < 4.78 is 15.7. The molecule has 2 saturated heterocycles. The lowest BCUT2D eigenvalue weighted by Crippen LogP contribution is -2.60. The van der Waals surface area contributed by atoms with Crippen LogP contribution in [0.5, 0.6) is 5.75 Å². The van der Waals surface area contributed by atoms with Crippen LogP contribution in [0, 0.1) is 0 Å².